The van der Waals surface area contributed by atoms with Crippen molar-refractivity contribution in [3.8, 4) is 0 Å². The maximum atomic E-state index is 12.0. The normalized spacial score (nSPS) is 15.1. The van der Waals surface area contributed by atoms with Gasteiger partial charge in [0.2, 0.25) is 0 Å². The van der Waals surface area contributed by atoms with E-state index in [1.807, 2.05) is 20.8 Å². The molecule has 0 aliphatic carbocycles. The molecule has 0 amide bonds. The van der Waals surface area contributed by atoms with Crippen LogP contribution < -0.4 is 0 Å². The average Bonchev–Trinajstić information content (AvgIpc) is 2.27. The van der Waals surface area contributed by atoms with Crippen LogP contribution in [0.5, 0.6) is 0 Å². The van der Waals surface area contributed by atoms with E-state index in [0.717, 1.165) is 12.8 Å². The van der Waals surface area contributed by atoms with Crippen molar-refractivity contribution in [2.45, 2.75) is 79.2 Å². The molecule has 0 rings (SSSR count). The Balaban J connectivity index is 4.32. The van der Waals surface area contributed by atoms with Crippen LogP contribution in [0.4, 0.5) is 0 Å². The monoisotopic (exact) mass is 272 g/mol. The van der Waals surface area contributed by atoms with E-state index in [0.29, 0.717) is 13.0 Å². The Kier molecular flexibility index (Phi) is 9.07. The lowest BCUT2D eigenvalue weighted by Gasteiger charge is -2.32. The lowest BCUT2D eigenvalue weighted by atomic mass is 9.76. The zero-order chi connectivity index (χ0) is 14.9. The van der Waals surface area contributed by atoms with Gasteiger partial charge in [-0.25, -0.2) is 0 Å². The molecule has 19 heavy (non-hydrogen) atoms. The molecule has 2 unspecified atom stereocenters. The molecular weight excluding hydrogens is 240 g/mol. The Bertz CT molecular complexity index is 243. The van der Waals surface area contributed by atoms with Crippen molar-refractivity contribution < 1.29 is 14.6 Å². The van der Waals surface area contributed by atoms with Crippen LogP contribution in [-0.2, 0) is 9.53 Å². The number of hydrogen-bond donors (Lipinski definition) is 1. The van der Waals surface area contributed by atoms with Crippen molar-refractivity contribution in [3.63, 3.8) is 0 Å². The number of hydrogen-bond acceptors (Lipinski definition) is 3. The third-order valence-electron chi connectivity index (χ3n) is 3.46. The van der Waals surface area contributed by atoms with Gasteiger partial charge in [0.15, 0.2) is 0 Å². The van der Waals surface area contributed by atoms with Gasteiger partial charge in [0, 0.05) is 0 Å². The number of carbonyl (C=O) groups excluding carboxylic acids is 1. The molecule has 0 bridgehead atoms. The second-order valence-corrected chi connectivity index (χ2v) is 6.37. The third-order valence-corrected chi connectivity index (χ3v) is 3.46. The maximum absolute atomic E-state index is 12.0. The highest BCUT2D eigenvalue weighted by Crippen LogP contribution is 2.32. The molecule has 0 aromatic rings. The lowest BCUT2D eigenvalue weighted by molar-refractivity contribution is -0.157. The molecule has 0 radical (unpaired) electrons. The summed E-state index contributed by atoms with van der Waals surface area (Å²) in [5.41, 5.74) is -0.269. The fourth-order valence-corrected chi connectivity index (χ4v) is 2.44. The number of carbonyl (C=O) groups is 1. The number of esters is 1. The number of unbranched alkanes of at least 4 members (excludes halogenated alkanes) is 4. The van der Waals surface area contributed by atoms with Crippen molar-refractivity contribution in [2.75, 3.05) is 6.61 Å². The fourth-order valence-electron chi connectivity index (χ4n) is 2.44. The minimum absolute atomic E-state index is 0.268. The first-order valence-electron chi connectivity index (χ1n) is 7.69. The van der Waals surface area contributed by atoms with E-state index >= 15 is 0 Å². The summed E-state index contributed by atoms with van der Waals surface area (Å²) in [7, 11) is 0. The van der Waals surface area contributed by atoms with E-state index in [4.69, 9.17) is 4.74 Å². The van der Waals surface area contributed by atoms with Crippen LogP contribution >= 0.6 is 0 Å². The highest BCUT2D eigenvalue weighted by molar-refractivity contribution is 5.74. The summed E-state index contributed by atoms with van der Waals surface area (Å²) in [6.07, 6.45) is 5.87. The molecule has 0 spiro atoms. The second-order valence-electron chi connectivity index (χ2n) is 6.37. The first-order valence-corrected chi connectivity index (χ1v) is 7.69. The molecule has 2 atom stereocenters. The Labute approximate surface area is 118 Å². The van der Waals surface area contributed by atoms with Crippen molar-refractivity contribution >= 4 is 5.97 Å². The van der Waals surface area contributed by atoms with Gasteiger partial charge in [0.1, 0.15) is 0 Å². The molecule has 0 saturated heterocycles. The summed E-state index contributed by atoms with van der Waals surface area (Å²) >= 11 is 0. The SMILES string of the molecule is CCCCCCCC(O)C(C(=O)OCC)C(C)(C)C. The highest BCUT2D eigenvalue weighted by atomic mass is 16.5. The van der Waals surface area contributed by atoms with Gasteiger partial charge in [-0.05, 0) is 18.8 Å². The van der Waals surface area contributed by atoms with Crippen LogP contribution in [0, 0.1) is 11.3 Å². The zero-order valence-corrected chi connectivity index (χ0v) is 13.4. The van der Waals surface area contributed by atoms with Crippen LogP contribution in [-0.4, -0.2) is 23.8 Å². The van der Waals surface area contributed by atoms with E-state index in [2.05, 4.69) is 6.92 Å². The van der Waals surface area contributed by atoms with Crippen LogP contribution in [0.15, 0.2) is 0 Å². The van der Waals surface area contributed by atoms with Gasteiger partial charge in [-0.3, -0.25) is 4.79 Å². The van der Waals surface area contributed by atoms with Crippen LogP contribution in [0.1, 0.15) is 73.1 Å². The number of ether oxygens (including phenoxy) is 1. The van der Waals surface area contributed by atoms with Crippen molar-refractivity contribution in [3.05, 3.63) is 0 Å². The minimum atomic E-state index is -0.597. The fraction of sp³-hybridized carbons (Fsp3) is 0.938. The van der Waals surface area contributed by atoms with Crippen molar-refractivity contribution in [1.29, 1.82) is 0 Å². The molecule has 3 nitrogen and oxygen atoms in total. The molecule has 0 aliphatic rings. The van der Waals surface area contributed by atoms with E-state index in [-0.39, 0.29) is 11.4 Å². The Morgan fingerprint density at radius 2 is 1.68 bits per heavy atom. The lowest BCUT2D eigenvalue weighted by Crippen LogP contribution is -2.39. The Morgan fingerprint density at radius 1 is 1.11 bits per heavy atom. The molecule has 0 aliphatic heterocycles. The largest absolute Gasteiger partial charge is 0.466 e. The average molecular weight is 272 g/mol. The van der Waals surface area contributed by atoms with Crippen molar-refractivity contribution in [2.24, 2.45) is 11.3 Å². The Hall–Kier alpha value is -0.570. The van der Waals surface area contributed by atoms with Gasteiger partial charge in [0.25, 0.3) is 0 Å². The van der Waals surface area contributed by atoms with Gasteiger partial charge < -0.3 is 9.84 Å². The predicted molar refractivity (Wildman–Crippen MR) is 79.0 cm³/mol. The third kappa shape index (κ3) is 7.56. The standard InChI is InChI=1S/C16H32O3/c1-6-8-9-10-11-12-13(17)14(16(3,4)5)15(18)19-7-2/h13-14,17H,6-12H2,1-5H3. The smallest absolute Gasteiger partial charge is 0.312 e. The first-order chi connectivity index (χ1) is 8.84. The second kappa shape index (κ2) is 9.35. The number of aliphatic hydroxyl groups excluding tert-OH is 1. The predicted octanol–water partition coefficient (Wildman–Crippen LogP) is 3.93. The van der Waals surface area contributed by atoms with Crippen LogP contribution in [0.25, 0.3) is 0 Å². The molecule has 0 aromatic heterocycles. The van der Waals surface area contributed by atoms with Crippen LogP contribution in [0.3, 0.4) is 0 Å². The summed E-state index contributed by atoms with van der Waals surface area (Å²) in [5.74, 6) is -0.699. The number of rotatable bonds is 9. The Morgan fingerprint density at radius 3 is 2.16 bits per heavy atom. The summed E-state index contributed by atoms with van der Waals surface area (Å²) in [4.78, 5) is 12.0. The number of aliphatic hydroxyl groups is 1. The van der Waals surface area contributed by atoms with Gasteiger partial charge >= 0.3 is 5.97 Å². The summed E-state index contributed by atoms with van der Waals surface area (Å²) in [6, 6.07) is 0. The molecule has 0 heterocycles. The topological polar surface area (TPSA) is 46.5 Å². The van der Waals surface area contributed by atoms with Gasteiger partial charge in [-0.2, -0.15) is 0 Å². The summed E-state index contributed by atoms with van der Waals surface area (Å²) in [6.45, 7) is 10.3. The maximum Gasteiger partial charge on any atom is 0.312 e. The zero-order valence-electron chi connectivity index (χ0n) is 13.4. The molecule has 0 fully saturated rings. The van der Waals surface area contributed by atoms with E-state index in [1.165, 1.54) is 19.3 Å². The van der Waals surface area contributed by atoms with Crippen LogP contribution in [0.2, 0.25) is 0 Å². The summed E-state index contributed by atoms with van der Waals surface area (Å²) in [5, 5.41) is 10.3. The van der Waals surface area contributed by atoms with E-state index in [9.17, 15) is 9.90 Å². The van der Waals surface area contributed by atoms with Gasteiger partial charge in [-0.1, -0.05) is 59.8 Å². The molecule has 3 heteroatoms. The van der Waals surface area contributed by atoms with Gasteiger partial charge in [-0.15, -0.1) is 0 Å². The van der Waals surface area contributed by atoms with E-state index in [1.54, 1.807) is 6.92 Å². The highest BCUT2D eigenvalue weighted by Gasteiger charge is 2.37. The molecule has 0 aromatic carbocycles. The van der Waals surface area contributed by atoms with E-state index < -0.39 is 12.0 Å². The summed E-state index contributed by atoms with van der Waals surface area (Å²) < 4.78 is 5.10. The van der Waals surface area contributed by atoms with Gasteiger partial charge in [0.05, 0.1) is 18.6 Å². The molecular formula is C16H32O3. The minimum Gasteiger partial charge on any atom is -0.466 e. The van der Waals surface area contributed by atoms with Crippen molar-refractivity contribution in [1.82, 2.24) is 0 Å². The molecule has 114 valence electrons. The quantitative estimate of drug-likeness (QED) is 0.511. The molecule has 0 saturated carbocycles. The molecule has 1 N–H and O–H groups in total. The first kappa shape index (κ1) is 18.4.